The highest BCUT2D eigenvalue weighted by molar-refractivity contribution is 4.82. The van der Waals surface area contributed by atoms with Crippen LogP contribution in [0.25, 0.3) is 0 Å². The fourth-order valence-corrected chi connectivity index (χ4v) is 2.81. The molecule has 0 aliphatic rings. The molecule has 0 aromatic heterocycles. The van der Waals surface area contributed by atoms with Crippen LogP contribution >= 0.6 is 0 Å². The lowest BCUT2D eigenvalue weighted by Crippen LogP contribution is -1.94. The maximum Gasteiger partial charge on any atom is -0.0351 e. The van der Waals surface area contributed by atoms with Gasteiger partial charge in [-0.3, -0.25) is 0 Å². The van der Waals surface area contributed by atoms with Crippen LogP contribution in [0.5, 0.6) is 0 Å². The first kappa shape index (κ1) is 21.5. The van der Waals surface area contributed by atoms with Crippen LogP contribution < -0.4 is 0 Å². The van der Waals surface area contributed by atoms with Gasteiger partial charge in [-0.2, -0.15) is 0 Å². The number of hydrogen-bond acceptors (Lipinski definition) is 0. The van der Waals surface area contributed by atoms with Crippen LogP contribution in [0, 0.1) is 5.92 Å². The van der Waals surface area contributed by atoms with E-state index in [4.69, 9.17) is 0 Å². The Morgan fingerprint density at radius 2 is 0.909 bits per heavy atom. The van der Waals surface area contributed by atoms with Crippen LogP contribution in [0.15, 0.2) is 24.3 Å². The molecule has 0 heterocycles. The molecule has 0 heteroatoms. The van der Waals surface area contributed by atoms with E-state index in [9.17, 15) is 0 Å². The Hall–Kier alpha value is -0.520. The summed E-state index contributed by atoms with van der Waals surface area (Å²) < 4.78 is 0. The summed E-state index contributed by atoms with van der Waals surface area (Å²) in [6.45, 7) is 6.97. The Morgan fingerprint density at radius 1 is 0.545 bits per heavy atom. The molecule has 0 saturated heterocycles. The van der Waals surface area contributed by atoms with Crippen molar-refractivity contribution in [3.63, 3.8) is 0 Å². The Morgan fingerprint density at radius 3 is 1.27 bits per heavy atom. The van der Waals surface area contributed by atoms with Gasteiger partial charge in [0.1, 0.15) is 0 Å². The Kier molecular flexibility index (Phi) is 18.1. The molecule has 0 unspecified atom stereocenters. The van der Waals surface area contributed by atoms with E-state index in [1.54, 1.807) is 0 Å². The smallest absolute Gasteiger partial charge is 0.0351 e. The maximum absolute atomic E-state index is 2.43. The second-order valence-electron chi connectivity index (χ2n) is 6.90. The third-order valence-corrected chi connectivity index (χ3v) is 4.42. The van der Waals surface area contributed by atoms with Gasteiger partial charge < -0.3 is 0 Å². The molecule has 0 saturated carbocycles. The summed E-state index contributed by atoms with van der Waals surface area (Å²) in [5.41, 5.74) is 0. The molecule has 0 bridgehead atoms. The standard InChI is InChI=1S/C22H42/c1-4-6-8-10-12-14-16-18-20-22(3)21-19-17-15-13-11-9-7-5-2/h12-15,22H,4-11,16-21H2,1-3H3/b14-12+,15-13+. The Balaban J connectivity index is 3.30. The highest BCUT2D eigenvalue weighted by Gasteiger charge is 2.00. The zero-order chi connectivity index (χ0) is 16.3. The first-order valence-corrected chi connectivity index (χ1v) is 10.1. The first-order chi connectivity index (χ1) is 10.8. The number of hydrogen-bond donors (Lipinski definition) is 0. The van der Waals surface area contributed by atoms with Gasteiger partial charge in [0.25, 0.3) is 0 Å². The van der Waals surface area contributed by atoms with Crippen LogP contribution in [-0.4, -0.2) is 0 Å². The largest absolute Gasteiger partial charge is 0.0885 e. The summed E-state index contributed by atoms with van der Waals surface area (Å²) in [6.07, 6.45) is 28.5. The maximum atomic E-state index is 2.43. The molecule has 0 aliphatic carbocycles. The average Bonchev–Trinajstić information content (AvgIpc) is 2.52. The highest BCUT2D eigenvalue weighted by atomic mass is 14.1. The summed E-state index contributed by atoms with van der Waals surface area (Å²) in [7, 11) is 0. The molecule has 0 atom stereocenters. The molecule has 0 rings (SSSR count). The molecule has 0 radical (unpaired) electrons. The van der Waals surface area contributed by atoms with Crippen LogP contribution in [0.3, 0.4) is 0 Å². The molecule has 0 aromatic carbocycles. The van der Waals surface area contributed by atoms with Gasteiger partial charge in [-0.25, -0.2) is 0 Å². The van der Waals surface area contributed by atoms with Crippen molar-refractivity contribution in [2.24, 2.45) is 5.92 Å². The van der Waals surface area contributed by atoms with E-state index < -0.39 is 0 Å². The topological polar surface area (TPSA) is 0 Å². The van der Waals surface area contributed by atoms with Crippen molar-refractivity contribution in [1.29, 1.82) is 0 Å². The van der Waals surface area contributed by atoms with Crippen molar-refractivity contribution in [2.45, 2.75) is 111 Å². The van der Waals surface area contributed by atoms with E-state index in [0.717, 1.165) is 5.92 Å². The van der Waals surface area contributed by atoms with Crippen LogP contribution in [0.2, 0.25) is 0 Å². The van der Waals surface area contributed by atoms with Gasteiger partial charge in [0.05, 0.1) is 0 Å². The van der Waals surface area contributed by atoms with Gasteiger partial charge in [-0.15, -0.1) is 0 Å². The molecule has 0 N–H and O–H groups in total. The zero-order valence-electron chi connectivity index (χ0n) is 15.8. The zero-order valence-corrected chi connectivity index (χ0v) is 15.8. The van der Waals surface area contributed by atoms with Crippen molar-refractivity contribution >= 4 is 0 Å². The molecular weight excluding hydrogens is 264 g/mol. The third-order valence-electron chi connectivity index (χ3n) is 4.42. The number of unbranched alkanes of at least 4 members (excludes halogenated alkanes) is 8. The average molecular weight is 307 g/mol. The van der Waals surface area contributed by atoms with Crippen molar-refractivity contribution in [3.8, 4) is 0 Å². The lowest BCUT2D eigenvalue weighted by molar-refractivity contribution is 0.463. The van der Waals surface area contributed by atoms with Crippen molar-refractivity contribution < 1.29 is 0 Å². The summed E-state index contributed by atoms with van der Waals surface area (Å²) in [4.78, 5) is 0. The second kappa shape index (κ2) is 18.5. The van der Waals surface area contributed by atoms with Crippen molar-refractivity contribution in [2.75, 3.05) is 0 Å². The van der Waals surface area contributed by atoms with E-state index in [1.807, 2.05) is 0 Å². The van der Waals surface area contributed by atoms with Crippen molar-refractivity contribution in [3.05, 3.63) is 24.3 Å². The van der Waals surface area contributed by atoms with E-state index in [-0.39, 0.29) is 0 Å². The highest BCUT2D eigenvalue weighted by Crippen LogP contribution is 2.16. The first-order valence-electron chi connectivity index (χ1n) is 10.1. The molecule has 0 amide bonds. The summed E-state index contributed by atoms with van der Waals surface area (Å²) in [6, 6.07) is 0. The van der Waals surface area contributed by atoms with Crippen LogP contribution in [-0.2, 0) is 0 Å². The van der Waals surface area contributed by atoms with E-state index in [0.29, 0.717) is 0 Å². The summed E-state index contributed by atoms with van der Waals surface area (Å²) in [5, 5.41) is 0. The Labute approximate surface area is 141 Å². The number of allylic oxidation sites excluding steroid dienone is 4. The second-order valence-corrected chi connectivity index (χ2v) is 6.90. The SMILES string of the molecule is CCCCC/C=C/CCCC(C)CCC/C=C/CCCCC. The summed E-state index contributed by atoms with van der Waals surface area (Å²) >= 11 is 0. The van der Waals surface area contributed by atoms with E-state index in [2.05, 4.69) is 45.1 Å². The lowest BCUT2D eigenvalue weighted by Gasteiger charge is -2.09. The molecule has 0 aromatic rings. The predicted octanol–water partition coefficient (Wildman–Crippen LogP) is 8.24. The van der Waals surface area contributed by atoms with Gasteiger partial charge in [0.2, 0.25) is 0 Å². The molecular formula is C22H42. The van der Waals surface area contributed by atoms with Crippen LogP contribution in [0.4, 0.5) is 0 Å². The fourth-order valence-electron chi connectivity index (χ4n) is 2.81. The van der Waals surface area contributed by atoms with Crippen LogP contribution in [0.1, 0.15) is 111 Å². The predicted molar refractivity (Wildman–Crippen MR) is 103 cm³/mol. The third kappa shape index (κ3) is 17.5. The van der Waals surface area contributed by atoms with Gasteiger partial charge in [-0.05, 0) is 57.3 Å². The molecule has 0 spiro atoms. The van der Waals surface area contributed by atoms with Crippen molar-refractivity contribution in [1.82, 2.24) is 0 Å². The Bertz CT molecular complexity index is 223. The monoisotopic (exact) mass is 306 g/mol. The normalized spacial score (nSPS) is 12.2. The van der Waals surface area contributed by atoms with E-state index >= 15 is 0 Å². The molecule has 0 nitrogen and oxygen atoms in total. The molecule has 0 aliphatic heterocycles. The molecule has 0 fully saturated rings. The fraction of sp³-hybridized carbons (Fsp3) is 0.818. The number of rotatable bonds is 16. The van der Waals surface area contributed by atoms with Gasteiger partial charge in [0.15, 0.2) is 0 Å². The van der Waals surface area contributed by atoms with E-state index in [1.165, 1.54) is 89.9 Å². The minimum absolute atomic E-state index is 0.905. The molecule has 130 valence electrons. The summed E-state index contributed by atoms with van der Waals surface area (Å²) in [5.74, 6) is 0.905. The molecule has 22 heavy (non-hydrogen) atoms. The lowest BCUT2D eigenvalue weighted by atomic mass is 9.97. The minimum atomic E-state index is 0.905. The van der Waals surface area contributed by atoms with Gasteiger partial charge >= 0.3 is 0 Å². The quantitative estimate of drug-likeness (QED) is 0.199. The van der Waals surface area contributed by atoms with Gasteiger partial charge in [-0.1, -0.05) is 83.6 Å². The minimum Gasteiger partial charge on any atom is -0.0885 e. The van der Waals surface area contributed by atoms with Gasteiger partial charge in [0, 0.05) is 0 Å².